The maximum absolute atomic E-state index is 11.8. The molecule has 0 aromatic heterocycles. The fraction of sp³-hybridized carbons (Fsp3) is 0.588. The number of hydrogen-bond acceptors (Lipinski definition) is 4. The van der Waals surface area contributed by atoms with E-state index in [2.05, 4.69) is 6.92 Å². The van der Waals surface area contributed by atoms with Gasteiger partial charge in [-0.25, -0.2) is 4.79 Å². The van der Waals surface area contributed by atoms with Gasteiger partial charge in [0.2, 0.25) is 0 Å². The Morgan fingerprint density at radius 1 is 1.22 bits per heavy atom. The first-order valence-electron chi connectivity index (χ1n) is 7.91. The highest BCUT2D eigenvalue weighted by Gasteiger charge is 2.14. The normalized spacial score (nSPS) is 12.0. The highest BCUT2D eigenvalue weighted by atomic mass is 35.5. The fourth-order valence-corrected chi connectivity index (χ4v) is 2.32. The number of carbonyl (C=O) groups excluding carboxylic acids is 1. The Kier molecular flexibility index (Phi) is 10.1. The SMILES string of the molecule is CCCCOCCC(CC)OC(=O)COc1ccc(Cl)cc1Cl. The Morgan fingerprint density at radius 3 is 2.65 bits per heavy atom. The molecular weight excluding hydrogens is 339 g/mol. The summed E-state index contributed by atoms with van der Waals surface area (Å²) < 4.78 is 16.2. The van der Waals surface area contributed by atoms with Crippen molar-refractivity contribution in [2.24, 2.45) is 0 Å². The van der Waals surface area contributed by atoms with Crippen molar-refractivity contribution in [3.63, 3.8) is 0 Å². The molecule has 0 aliphatic rings. The van der Waals surface area contributed by atoms with Crippen molar-refractivity contribution in [2.75, 3.05) is 19.8 Å². The topological polar surface area (TPSA) is 44.8 Å². The van der Waals surface area contributed by atoms with Crippen LogP contribution in [-0.2, 0) is 14.3 Å². The molecule has 23 heavy (non-hydrogen) atoms. The monoisotopic (exact) mass is 362 g/mol. The number of benzene rings is 1. The lowest BCUT2D eigenvalue weighted by atomic mass is 10.2. The van der Waals surface area contributed by atoms with Crippen LogP contribution < -0.4 is 4.74 Å². The maximum Gasteiger partial charge on any atom is 0.344 e. The van der Waals surface area contributed by atoms with E-state index in [1.54, 1.807) is 18.2 Å². The Balaban J connectivity index is 2.30. The van der Waals surface area contributed by atoms with E-state index < -0.39 is 5.97 Å². The van der Waals surface area contributed by atoms with Crippen LogP contribution in [0.3, 0.4) is 0 Å². The first-order valence-corrected chi connectivity index (χ1v) is 8.67. The molecule has 0 saturated carbocycles. The minimum atomic E-state index is -0.420. The summed E-state index contributed by atoms with van der Waals surface area (Å²) in [6.07, 6.45) is 3.43. The average molecular weight is 363 g/mol. The lowest BCUT2D eigenvalue weighted by Gasteiger charge is -2.16. The standard InChI is InChI=1S/C17H24Cl2O4/c1-3-5-9-21-10-8-14(4-2)23-17(20)12-22-16-7-6-13(18)11-15(16)19/h6-7,11,14H,3-5,8-10,12H2,1-2H3. The molecule has 4 nitrogen and oxygen atoms in total. The van der Waals surface area contributed by atoms with Crippen LogP contribution in [-0.4, -0.2) is 31.9 Å². The van der Waals surface area contributed by atoms with Gasteiger partial charge in [-0.1, -0.05) is 43.5 Å². The second-order valence-corrected chi connectivity index (χ2v) is 5.98. The molecule has 130 valence electrons. The van der Waals surface area contributed by atoms with E-state index in [0.29, 0.717) is 28.8 Å². The van der Waals surface area contributed by atoms with Gasteiger partial charge in [0.05, 0.1) is 11.6 Å². The lowest BCUT2D eigenvalue weighted by Crippen LogP contribution is -2.23. The van der Waals surface area contributed by atoms with E-state index in [0.717, 1.165) is 25.9 Å². The minimum Gasteiger partial charge on any atom is -0.480 e. The van der Waals surface area contributed by atoms with E-state index in [1.807, 2.05) is 6.92 Å². The Morgan fingerprint density at radius 2 is 2.00 bits per heavy atom. The number of ether oxygens (including phenoxy) is 3. The predicted molar refractivity (Wildman–Crippen MR) is 92.5 cm³/mol. The van der Waals surface area contributed by atoms with Crippen molar-refractivity contribution in [1.82, 2.24) is 0 Å². The summed E-state index contributed by atoms with van der Waals surface area (Å²) >= 11 is 11.8. The molecule has 0 aliphatic carbocycles. The Hall–Kier alpha value is -0.970. The number of carbonyl (C=O) groups is 1. The van der Waals surface area contributed by atoms with E-state index in [-0.39, 0.29) is 12.7 Å². The summed E-state index contributed by atoms with van der Waals surface area (Å²) in [6, 6.07) is 4.83. The number of unbranched alkanes of at least 4 members (excludes halogenated alkanes) is 1. The highest BCUT2D eigenvalue weighted by Crippen LogP contribution is 2.27. The highest BCUT2D eigenvalue weighted by molar-refractivity contribution is 6.35. The molecule has 1 atom stereocenters. The van der Waals surface area contributed by atoms with Crippen molar-refractivity contribution in [2.45, 2.75) is 45.6 Å². The summed E-state index contributed by atoms with van der Waals surface area (Å²) in [7, 11) is 0. The van der Waals surface area contributed by atoms with Gasteiger partial charge in [0, 0.05) is 18.1 Å². The van der Waals surface area contributed by atoms with E-state index in [9.17, 15) is 4.79 Å². The van der Waals surface area contributed by atoms with Crippen LogP contribution in [0.5, 0.6) is 5.75 Å². The molecule has 0 aliphatic heterocycles. The third kappa shape index (κ3) is 8.45. The van der Waals surface area contributed by atoms with Crippen LogP contribution in [0.4, 0.5) is 0 Å². The molecule has 0 amide bonds. The molecule has 0 fully saturated rings. The van der Waals surface area contributed by atoms with Gasteiger partial charge in [0.15, 0.2) is 6.61 Å². The van der Waals surface area contributed by atoms with Gasteiger partial charge >= 0.3 is 5.97 Å². The van der Waals surface area contributed by atoms with Crippen molar-refractivity contribution >= 4 is 29.2 Å². The number of esters is 1. The molecule has 1 aromatic rings. The molecule has 1 aromatic carbocycles. The predicted octanol–water partition coefficient (Wildman–Crippen LogP) is 4.90. The summed E-state index contributed by atoms with van der Waals surface area (Å²) in [4.78, 5) is 11.8. The lowest BCUT2D eigenvalue weighted by molar-refractivity contribution is -0.152. The zero-order chi connectivity index (χ0) is 17.1. The van der Waals surface area contributed by atoms with Crippen LogP contribution in [0.1, 0.15) is 39.5 Å². The fourth-order valence-electron chi connectivity index (χ4n) is 1.86. The smallest absolute Gasteiger partial charge is 0.344 e. The van der Waals surface area contributed by atoms with E-state index in [4.69, 9.17) is 37.4 Å². The van der Waals surface area contributed by atoms with Crippen LogP contribution in [0.25, 0.3) is 0 Å². The number of rotatable bonds is 11. The summed E-state index contributed by atoms with van der Waals surface area (Å²) in [5, 5.41) is 0.876. The maximum atomic E-state index is 11.8. The summed E-state index contributed by atoms with van der Waals surface area (Å²) in [6.45, 7) is 5.25. The largest absolute Gasteiger partial charge is 0.480 e. The molecule has 0 bridgehead atoms. The molecule has 1 rings (SSSR count). The zero-order valence-corrected chi connectivity index (χ0v) is 15.2. The molecule has 0 N–H and O–H groups in total. The van der Waals surface area contributed by atoms with Gasteiger partial charge in [-0.15, -0.1) is 0 Å². The first-order chi connectivity index (χ1) is 11.1. The molecular formula is C17H24Cl2O4. The Labute approximate surface area is 148 Å². The molecule has 6 heteroatoms. The molecule has 0 spiro atoms. The summed E-state index contributed by atoms with van der Waals surface area (Å²) in [5.74, 6) is -0.0135. The molecule has 0 radical (unpaired) electrons. The van der Waals surface area contributed by atoms with Gasteiger partial charge in [-0.05, 0) is 31.0 Å². The van der Waals surface area contributed by atoms with Gasteiger partial charge in [-0.2, -0.15) is 0 Å². The quantitative estimate of drug-likeness (QED) is 0.414. The number of hydrogen-bond donors (Lipinski definition) is 0. The third-order valence-electron chi connectivity index (χ3n) is 3.22. The second kappa shape index (κ2) is 11.5. The Bertz CT molecular complexity index is 480. The molecule has 0 heterocycles. The van der Waals surface area contributed by atoms with E-state index >= 15 is 0 Å². The van der Waals surface area contributed by atoms with Crippen LogP contribution >= 0.6 is 23.2 Å². The summed E-state index contributed by atoms with van der Waals surface area (Å²) in [5.41, 5.74) is 0. The third-order valence-corrected chi connectivity index (χ3v) is 3.75. The van der Waals surface area contributed by atoms with Crippen LogP contribution in [0.2, 0.25) is 10.0 Å². The van der Waals surface area contributed by atoms with Gasteiger partial charge in [0.1, 0.15) is 11.9 Å². The second-order valence-electron chi connectivity index (χ2n) is 5.14. The molecule has 1 unspecified atom stereocenters. The van der Waals surface area contributed by atoms with Gasteiger partial charge in [0.25, 0.3) is 0 Å². The number of halogens is 2. The van der Waals surface area contributed by atoms with Gasteiger partial charge < -0.3 is 14.2 Å². The minimum absolute atomic E-state index is 0.159. The molecule has 0 saturated heterocycles. The van der Waals surface area contributed by atoms with Crippen molar-refractivity contribution in [1.29, 1.82) is 0 Å². The van der Waals surface area contributed by atoms with Crippen LogP contribution in [0.15, 0.2) is 18.2 Å². The zero-order valence-electron chi connectivity index (χ0n) is 13.6. The van der Waals surface area contributed by atoms with Crippen LogP contribution in [0, 0.1) is 0 Å². The van der Waals surface area contributed by atoms with Gasteiger partial charge in [-0.3, -0.25) is 0 Å². The van der Waals surface area contributed by atoms with Crippen molar-refractivity contribution < 1.29 is 19.0 Å². The van der Waals surface area contributed by atoms with Crippen molar-refractivity contribution in [3.8, 4) is 5.75 Å². The average Bonchev–Trinajstić information content (AvgIpc) is 2.52. The van der Waals surface area contributed by atoms with Crippen molar-refractivity contribution in [3.05, 3.63) is 28.2 Å². The first kappa shape index (κ1) is 20.1. The van der Waals surface area contributed by atoms with E-state index in [1.165, 1.54) is 0 Å².